The van der Waals surface area contributed by atoms with Crippen LogP contribution in [0.1, 0.15) is 31.0 Å². The lowest BCUT2D eigenvalue weighted by Gasteiger charge is -2.18. The van der Waals surface area contributed by atoms with Crippen LogP contribution < -0.4 is 10.3 Å². The molecule has 5 aromatic rings. The number of tetrazole rings is 1. The van der Waals surface area contributed by atoms with Crippen molar-refractivity contribution in [1.82, 2.24) is 39.8 Å². The summed E-state index contributed by atoms with van der Waals surface area (Å²) in [5.74, 6) is -0.198. The summed E-state index contributed by atoms with van der Waals surface area (Å²) >= 11 is 6.08. The van der Waals surface area contributed by atoms with Gasteiger partial charge in [-0.05, 0) is 41.0 Å². The van der Waals surface area contributed by atoms with Crippen molar-refractivity contribution in [3.63, 3.8) is 0 Å². The maximum atomic E-state index is 15.2. The van der Waals surface area contributed by atoms with Crippen LogP contribution in [0.3, 0.4) is 0 Å². The third-order valence-electron chi connectivity index (χ3n) is 6.72. The molecule has 1 aliphatic carbocycles. The topological polar surface area (TPSA) is 123 Å². The highest BCUT2D eigenvalue weighted by atomic mass is 35.5. The first-order valence-corrected chi connectivity index (χ1v) is 12.3. The van der Waals surface area contributed by atoms with E-state index in [-0.39, 0.29) is 22.2 Å². The summed E-state index contributed by atoms with van der Waals surface area (Å²) in [5, 5.41) is 33.0. The summed E-state index contributed by atoms with van der Waals surface area (Å²) in [6, 6.07) is 7.50. The number of aromatic nitrogens is 9. The van der Waals surface area contributed by atoms with E-state index in [2.05, 4.69) is 25.7 Å². The molecule has 4 heterocycles. The van der Waals surface area contributed by atoms with Crippen molar-refractivity contribution in [1.29, 1.82) is 0 Å². The number of hydrogen-bond donors (Lipinski definition) is 0. The molecule has 38 heavy (non-hydrogen) atoms. The van der Waals surface area contributed by atoms with Gasteiger partial charge in [0.1, 0.15) is 12.4 Å². The van der Waals surface area contributed by atoms with Crippen molar-refractivity contribution in [3.05, 3.63) is 93.5 Å². The Morgan fingerprint density at radius 3 is 2.68 bits per heavy atom. The maximum Gasteiger partial charge on any atom is 0.267 e. The second kappa shape index (κ2) is 9.45. The molecule has 0 spiro atoms. The van der Waals surface area contributed by atoms with E-state index < -0.39 is 5.82 Å². The molecule has 4 aromatic heterocycles. The molecule has 1 saturated carbocycles. The van der Waals surface area contributed by atoms with Crippen molar-refractivity contribution < 1.29 is 9.12 Å². The number of hydrogen-bond acceptors (Lipinski definition) is 7. The van der Waals surface area contributed by atoms with Crippen LogP contribution in [0.15, 0.2) is 66.2 Å². The van der Waals surface area contributed by atoms with E-state index in [1.54, 1.807) is 42.3 Å². The highest BCUT2D eigenvalue weighted by molar-refractivity contribution is 6.31. The first-order chi connectivity index (χ1) is 18.4. The predicted octanol–water partition coefficient (Wildman–Crippen LogP) is 3.10. The van der Waals surface area contributed by atoms with Crippen LogP contribution in [0.5, 0.6) is 0 Å². The van der Waals surface area contributed by atoms with Crippen LogP contribution in [0.2, 0.25) is 5.02 Å². The number of pyridine rings is 1. The number of benzene rings is 1. The Morgan fingerprint density at radius 2 is 1.97 bits per heavy atom. The van der Waals surface area contributed by atoms with Gasteiger partial charge in [0.2, 0.25) is 5.69 Å². The molecule has 13 heteroatoms. The molecule has 1 atom stereocenters. The number of nitrogens with zero attached hydrogens (tertiary/aromatic N) is 9. The Hall–Kier alpha value is -4.45. The van der Waals surface area contributed by atoms with Gasteiger partial charge in [0.25, 0.3) is 5.56 Å². The summed E-state index contributed by atoms with van der Waals surface area (Å²) in [6.45, 7) is 0. The average molecular weight is 534 g/mol. The lowest BCUT2D eigenvalue weighted by molar-refractivity contribution is -0.615. The van der Waals surface area contributed by atoms with Crippen molar-refractivity contribution in [3.8, 4) is 27.9 Å². The number of halogens is 2. The maximum absolute atomic E-state index is 15.2. The molecule has 0 saturated heterocycles. The van der Waals surface area contributed by atoms with Gasteiger partial charge < -0.3 is 5.21 Å². The molecule has 0 N–H and O–H groups in total. The van der Waals surface area contributed by atoms with Gasteiger partial charge in [0.05, 0.1) is 34.2 Å². The molecule has 192 valence electrons. The molecule has 1 unspecified atom stereocenters. The van der Waals surface area contributed by atoms with Crippen molar-refractivity contribution in [2.45, 2.75) is 25.3 Å². The third kappa shape index (κ3) is 4.43. The van der Waals surface area contributed by atoms with Gasteiger partial charge in [0, 0.05) is 36.5 Å². The molecule has 0 radical (unpaired) electrons. The fraction of sp³-hybridized carbons (Fsp3) is 0.240. The SMILES string of the molecule is Cn1ncc(-c2cnn(C(CC3CC3)c3ccc(-c4c(-n5cnnn5)ccc(Cl)c4F)c[n+]3[O-])c2)cc1=O. The van der Waals surface area contributed by atoms with Gasteiger partial charge in [0.15, 0.2) is 12.0 Å². The molecular formula is C25H21ClFN9O2. The fourth-order valence-electron chi connectivity index (χ4n) is 4.49. The summed E-state index contributed by atoms with van der Waals surface area (Å²) in [5.41, 5.74) is 2.37. The fourth-order valence-corrected chi connectivity index (χ4v) is 4.65. The lowest BCUT2D eigenvalue weighted by atomic mass is 10.0. The summed E-state index contributed by atoms with van der Waals surface area (Å²) in [7, 11) is 1.58. The normalized spacial score (nSPS) is 14.1. The Bertz CT molecular complexity index is 1700. The largest absolute Gasteiger partial charge is 0.618 e. The second-order valence-electron chi connectivity index (χ2n) is 9.29. The molecular weight excluding hydrogens is 513 g/mol. The van der Waals surface area contributed by atoms with Crippen LogP contribution in [-0.4, -0.2) is 39.8 Å². The second-order valence-corrected chi connectivity index (χ2v) is 9.70. The number of rotatable bonds is 7. The van der Waals surface area contributed by atoms with Gasteiger partial charge in [-0.15, -0.1) is 5.10 Å². The zero-order valence-electron chi connectivity index (χ0n) is 20.1. The van der Waals surface area contributed by atoms with Gasteiger partial charge in [-0.25, -0.2) is 9.07 Å². The lowest BCUT2D eigenvalue weighted by Crippen LogP contribution is -2.35. The monoisotopic (exact) mass is 533 g/mol. The summed E-state index contributed by atoms with van der Waals surface area (Å²) < 4.78 is 20.3. The van der Waals surface area contributed by atoms with E-state index in [9.17, 15) is 10.0 Å². The summed E-state index contributed by atoms with van der Waals surface area (Å²) in [4.78, 5) is 12.0. The van der Waals surface area contributed by atoms with E-state index in [1.807, 2.05) is 6.20 Å². The van der Waals surface area contributed by atoms with E-state index in [0.29, 0.717) is 28.4 Å². The highest BCUT2D eigenvalue weighted by Gasteiger charge is 2.32. The zero-order chi connectivity index (χ0) is 26.4. The molecule has 0 aliphatic heterocycles. The summed E-state index contributed by atoms with van der Waals surface area (Å²) in [6.07, 6.45) is 10.6. The quantitative estimate of drug-likeness (QED) is 0.232. The van der Waals surface area contributed by atoms with Crippen molar-refractivity contribution in [2.75, 3.05) is 0 Å². The van der Waals surface area contributed by atoms with Crippen LogP contribution in [0.4, 0.5) is 4.39 Å². The zero-order valence-corrected chi connectivity index (χ0v) is 20.9. The minimum absolute atomic E-state index is 0.0840. The predicted molar refractivity (Wildman–Crippen MR) is 135 cm³/mol. The molecule has 1 aliphatic rings. The van der Waals surface area contributed by atoms with Crippen molar-refractivity contribution in [2.24, 2.45) is 13.0 Å². The van der Waals surface area contributed by atoms with Crippen LogP contribution in [0.25, 0.3) is 27.9 Å². The Kier molecular flexibility index (Phi) is 5.95. The third-order valence-corrected chi connectivity index (χ3v) is 7.01. The van der Waals surface area contributed by atoms with Gasteiger partial charge in [-0.3, -0.25) is 9.48 Å². The van der Waals surface area contributed by atoms with Crippen LogP contribution in [0, 0.1) is 16.9 Å². The van der Waals surface area contributed by atoms with E-state index >= 15 is 4.39 Å². The molecule has 6 rings (SSSR count). The minimum atomic E-state index is -0.679. The molecule has 0 bridgehead atoms. The van der Waals surface area contributed by atoms with E-state index in [0.717, 1.165) is 29.6 Å². The van der Waals surface area contributed by atoms with Gasteiger partial charge in [-0.1, -0.05) is 24.4 Å². The standard InChI is InChI=1S/C25H21ClFN9O2/c1-33-23(37)9-17(10-29-33)18-11-30-34(12-18)22(8-15-2-3-15)20-6-4-16(13-36(20)38)24-21(35-14-28-31-32-35)7-5-19(26)25(24)27/h4-7,9-15,22H,2-3,8H2,1H3. The van der Waals surface area contributed by atoms with Crippen molar-refractivity contribution >= 4 is 11.6 Å². The molecule has 1 aromatic carbocycles. The Morgan fingerprint density at radius 1 is 1.16 bits per heavy atom. The Labute approximate surface area is 220 Å². The molecule has 1 fully saturated rings. The Balaban J connectivity index is 1.40. The van der Waals surface area contributed by atoms with Crippen LogP contribution in [-0.2, 0) is 7.05 Å². The van der Waals surface area contributed by atoms with Gasteiger partial charge in [-0.2, -0.15) is 19.6 Å². The smallest absolute Gasteiger partial charge is 0.267 e. The minimum Gasteiger partial charge on any atom is -0.618 e. The van der Waals surface area contributed by atoms with E-state index in [4.69, 9.17) is 11.6 Å². The van der Waals surface area contributed by atoms with Gasteiger partial charge >= 0.3 is 0 Å². The van der Waals surface area contributed by atoms with E-state index in [1.165, 1.54) is 34.0 Å². The molecule has 0 amide bonds. The highest BCUT2D eigenvalue weighted by Crippen LogP contribution is 2.39. The molecule has 11 nitrogen and oxygen atoms in total. The number of aryl methyl sites for hydroxylation is 1. The van der Waals surface area contributed by atoms with Crippen LogP contribution >= 0.6 is 11.6 Å². The first kappa shape index (κ1) is 23.9. The average Bonchev–Trinajstić information content (AvgIpc) is 3.34. The first-order valence-electron chi connectivity index (χ1n) is 11.9.